The van der Waals surface area contributed by atoms with Crippen LogP contribution in [0.5, 0.6) is 0 Å². The number of carbonyl (C=O) groups is 2. The Bertz CT molecular complexity index is 980. The average Bonchev–Trinajstić information content (AvgIpc) is 3.28. The minimum Gasteiger partial charge on any atom is -0.339 e. The predicted molar refractivity (Wildman–Crippen MR) is 128 cm³/mol. The van der Waals surface area contributed by atoms with E-state index in [1.165, 1.54) is 24.8 Å². The Morgan fingerprint density at radius 3 is 2.36 bits per heavy atom. The molecule has 0 bridgehead atoms. The SMILES string of the molecule is CC1CCN(C(=O)c2cnn3ccc(C4CCN(C(=O)NC5CCCCC5)CC4)cc23)CC1. The monoisotopic (exact) mass is 451 g/mol. The van der Waals surface area contributed by atoms with E-state index >= 15 is 0 Å². The molecule has 7 heteroatoms. The summed E-state index contributed by atoms with van der Waals surface area (Å²) in [6, 6.07) is 4.73. The maximum atomic E-state index is 13.2. The molecule has 2 aromatic heterocycles. The first-order valence-corrected chi connectivity index (χ1v) is 12.9. The van der Waals surface area contributed by atoms with E-state index < -0.39 is 0 Å². The number of hydrogen-bond donors (Lipinski definition) is 1. The van der Waals surface area contributed by atoms with Crippen LogP contribution in [0.2, 0.25) is 0 Å². The third kappa shape index (κ3) is 4.87. The second-order valence-electron chi connectivity index (χ2n) is 10.4. The van der Waals surface area contributed by atoms with Crippen molar-refractivity contribution < 1.29 is 9.59 Å². The van der Waals surface area contributed by atoms with Gasteiger partial charge in [-0.2, -0.15) is 5.10 Å². The van der Waals surface area contributed by atoms with Gasteiger partial charge < -0.3 is 15.1 Å². The molecule has 7 nitrogen and oxygen atoms in total. The van der Waals surface area contributed by atoms with Crippen molar-refractivity contribution in [3.8, 4) is 0 Å². The highest BCUT2D eigenvalue weighted by Crippen LogP contribution is 2.30. The smallest absolute Gasteiger partial charge is 0.317 e. The van der Waals surface area contributed by atoms with Gasteiger partial charge in [0.15, 0.2) is 0 Å². The van der Waals surface area contributed by atoms with Crippen LogP contribution in [-0.4, -0.2) is 63.6 Å². The number of aromatic nitrogens is 2. The van der Waals surface area contributed by atoms with Crippen molar-refractivity contribution in [3.63, 3.8) is 0 Å². The van der Waals surface area contributed by atoms with Crippen molar-refractivity contribution >= 4 is 17.5 Å². The zero-order valence-electron chi connectivity index (χ0n) is 19.8. The molecule has 178 valence electrons. The third-order valence-corrected chi connectivity index (χ3v) is 8.03. The van der Waals surface area contributed by atoms with Gasteiger partial charge >= 0.3 is 6.03 Å². The standard InChI is InChI=1S/C26H37N5O2/c1-19-7-12-29(13-8-19)25(32)23-18-27-31-16-11-21(17-24(23)31)20-9-14-30(15-10-20)26(33)28-22-5-3-2-4-6-22/h11,16-20,22H,2-10,12-15H2,1H3,(H,28,33). The molecule has 2 saturated heterocycles. The van der Waals surface area contributed by atoms with Gasteiger partial charge in [0, 0.05) is 38.4 Å². The summed E-state index contributed by atoms with van der Waals surface area (Å²) in [6.07, 6.45) is 13.7. The molecule has 3 amide bonds. The molecule has 3 fully saturated rings. The van der Waals surface area contributed by atoms with E-state index in [9.17, 15) is 9.59 Å². The van der Waals surface area contributed by atoms with Crippen LogP contribution in [0.4, 0.5) is 4.79 Å². The molecule has 1 saturated carbocycles. The molecule has 0 spiro atoms. The van der Waals surface area contributed by atoms with Gasteiger partial charge in [0.25, 0.3) is 5.91 Å². The fraction of sp³-hybridized carbons (Fsp3) is 0.654. The molecule has 4 heterocycles. The summed E-state index contributed by atoms with van der Waals surface area (Å²) in [7, 11) is 0. The average molecular weight is 452 g/mol. The highest BCUT2D eigenvalue weighted by molar-refractivity contribution is 6.00. The quantitative estimate of drug-likeness (QED) is 0.751. The topological polar surface area (TPSA) is 70.0 Å². The van der Waals surface area contributed by atoms with E-state index in [-0.39, 0.29) is 11.9 Å². The van der Waals surface area contributed by atoms with Crippen LogP contribution < -0.4 is 5.32 Å². The molecule has 0 aromatic carbocycles. The van der Waals surface area contributed by atoms with Crippen LogP contribution in [0.15, 0.2) is 24.5 Å². The van der Waals surface area contributed by atoms with E-state index in [1.807, 2.05) is 20.5 Å². The van der Waals surface area contributed by atoms with Crippen molar-refractivity contribution in [2.45, 2.75) is 76.7 Å². The highest BCUT2D eigenvalue weighted by atomic mass is 16.2. The van der Waals surface area contributed by atoms with Gasteiger partial charge in [0.1, 0.15) is 0 Å². The molecule has 2 aliphatic heterocycles. The van der Waals surface area contributed by atoms with Crippen molar-refractivity contribution in [2.75, 3.05) is 26.2 Å². The Hall–Kier alpha value is -2.57. The Morgan fingerprint density at radius 1 is 0.939 bits per heavy atom. The normalized spacial score (nSPS) is 21.5. The lowest BCUT2D eigenvalue weighted by molar-refractivity contribution is 0.0699. The minimum absolute atomic E-state index is 0.100. The lowest BCUT2D eigenvalue weighted by Gasteiger charge is -2.34. The van der Waals surface area contributed by atoms with Gasteiger partial charge in [-0.3, -0.25) is 4.79 Å². The number of nitrogens with zero attached hydrogens (tertiary/aromatic N) is 4. The second-order valence-corrected chi connectivity index (χ2v) is 10.4. The molecular weight excluding hydrogens is 414 g/mol. The van der Waals surface area contributed by atoms with E-state index in [0.717, 1.165) is 70.2 Å². The van der Waals surface area contributed by atoms with Crippen molar-refractivity contribution in [1.82, 2.24) is 24.7 Å². The molecule has 3 aliphatic rings. The number of hydrogen-bond acceptors (Lipinski definition) is 3. The van der Waals surface area contributed by atoms with Gasteiger partial charge in [-0.25, -0.2) is 9.31 Å². The lowest BCUT2D eigenvalue weighted by atomic mass is 9.89. The molecule has 0 unspecified atom stereocenters. The largest absolute Gasteiger partial charge is 0.339 e. The second kappa shape index (κ2) is 9.74. The molecule has 1 N–H and O–H groups in total. The number of rotatable bonds is 3. The number of piperidine rings is 2. The van der Waals surface area contributed by atoms with Gasteiger partial charge in [0.2, 0.25) is 0 Å². The first-order chi connectivity index (χ1) is 16.1. The number of nitrogens with one attached hydrogen (secondary N) is 1. The van der Waals surface area contributed by atoms with E-state index in [0.29, 0.717) is 23.4 Å². The molecule has 2 aromatic rings. The number of urea groups is 1. The molecule has 5 rings (SSSR count). The summed E-state index contributed by atoms with van der Waals surface area (Å²) in [6.45, 7) is 5.49. The molecular formula is C26H37N5O2. The van der Waals surface area contributed by atoms with Gasteiger partial charge in [-0.05, 0) is 68.1 Å². The minimum atomic E-state index is 0.100. The zero-order valence-corrected chi connectivity index (χ0v) is 19.8. The predicted octanol–water partition coefficient (Wildman–Crippen LogP) is 4.43. The fourth-order valence-electron chi connectivity index (χ4n) is 5.73. The first kappa shape index (κ1) is 22.2. The van der Waals surface area contributed by atoms with E-state index in [2.05, 4.69) is 29.5 Å². The van der Waals surface area contributed by atoms with E-state index in [1.54, 1.807) is 6.20 Å². The number of likely N-dealkylation sites (tertiary alicyclic amines) is 2. The van der Waals surface area contributed by atoms with Gasteiger partial charge in [0.05, 0.1) is 17.3 Å². The Labute approximate surface area is 196 Å². The molecule has 0 atom stereocenters. The number of fused-ring (bicyclic) bond motifs is 1. The summed E-state index contributed by atoms with van der Waals surface area (Å²) < 4.78 is 1.82. The summed E-state index contributed by atoms with van der Waals surface area (Å²) in [5.41, 5.74) is 2.85. The summed E-state index contributed by atoms with van der Waals surface area (Å²) in [4.78, 5) is 29.8. The number of carbonyl (C=O) groups excluding carboxylic acids is 2. The zero-order chi connectivity index (χ0) is 22.8. The molecule has 0 radical (unpaired) electrons. The van der Waals surface area contributed by atoms with Crippen LogP contribution in [0.3, 0.4) is 0 Å². The van der Waals surface area contributed by atoms with Crippen LogP contribution >= 0.6 is 0 Å². The van der Waals surface area contributed by atoms with Gasteiger partial charge in [-0.15, -0.1) is 0 Å². The van der Waals surface area contributed by atoms with Crippen LogP contribution in [-0.2, 0) is 0 Å². The summed E-state index contributed by atoms with van der Waals surface area (Å²) in [5, 5.41) is 7.69. The van der Waals surface area contributed by atoms with Crippen LogP contribution in [0.1, 0.15) is 86.6 Å². The Balaban J connectivity index is 1.23. The first-order valence-electron chi connectivity index (χ1n) is 12.9. The number of pyridine rings is 1. The lowest BCUT2D eigenvalue weighted by Crippen LogP contribution is -2.48. The maximum Gasteiger partial charge on any atom is 0.317 e. The maximum absolute atomic E-state index is 13.2. The van der Waals surface area contributed by atoms with Crippen LogP contribution in [0.25, 0.3) is 5.52 Å². The third-order valence-electron chi connectivity index (χ3n) is 8.03. The molecule has 1 aliphatic carbocycles. The van der Waals surface area contributed by atoms with Crippen molar-refractivity contribution in [3.05, 3.63) is 35.7 Å². The Kier molecular flexibility index (Phi) is 6.56. The molecule has 33 heavy (non-hydrogen) atoms. The van der Waals surface area contributed by atoms with Crippen LogP contribution in [0, 0.1) is 5.92 Å². The fourth-order valence-corrected chi connectivity index (χ4v) is 5.73. The van der Waals surface area contributed by atoms with E-state index in [4.69, 9.17) is 0 Å². The summed E-state index contributed by atoms with van der Waals surface area (Å²) >= 11 is 0. The Morgan fingerprint density at radius 2 is 1.64 bits per heavy atom. The number of amides is 3. The van der Waals surface area contributed by atoms with Crippen molar-refractivity contribution in [1.29, 1.82) is 0 Å². The van der Waals surface area contributed by atoms with Crippen molar-refractivity contribution in [2.24, 2.45) is 5.92 Å². The van der Waals surface area contributed by atoms with Gasteiger partial charge in [-0.1, -0.05) is 26.2 Å². The summed E-state index contributed by atoms with van der Waals surface area (Å²) in [5.74, 6) is 1.20. The highest BCUT2D eigenvalue weighted by Gasteiger charge is 2.27.